The largest absolute Gasteiger partial charge is 0.459 e. The maximum Gasteiger partial charge on any atom is 0.284 e. The Labute approximate surface area is 183 Å². The molecular weight excluding hydrogens is 440 g/mol. The lowest BCUT2D eigenvalue weighted by Gasteiger charge is -2.33. The minimum Gasteiger partial charge on any atom is -0.459 e. The second-order valence-corrected chi connectivity index (χ2v) is 9.42. The molecule has 2 aromatic heterocycles. The lowest BCUT2D eigenvalue weighted by atomic mass is 10.2. The van der Waals surface area contributed by atoms with Gasteiger partial charge < -0.3 is 13.7 Å². The SMILES string of the molecule is O=C(CSc1nnc(-c2ccco2)o1)N1CCN(S(=O)(=O)/C=C/c2ccccc2)CC1. The van der Waals surface area contributed by atoms with Gasteiger partial charge in [0.15, 0.2) is 5.76 Å². The van der Waals surface area contributed by atoms with Gasteiger partial charge >= 0.3 is 0 Å². The van der Waals surface area contributed by atoms with E-state index < -0.39 is 10.0 Å². The van der Waals surface area contributed by atoms with Gasteiger partial charge in [0.1, 0.15) is 0 Å². The van der Waals surface area contributed by atoms with E-state index in [9.17, 15) is 13.2 Å². The molecule has 0 atom stereocenters. The lowest BCUT2D eigenvalue weighted by molar-refractivity contribution is -0.129. The Kier molecular flexibility index (Phi) is 6.54. The van der Waals surface area contributed by atoms with E-state index >= 15 is 0 Å². The number of nitrogens with zero attached hydrogens (tertiary/aromatic N) is 4. The van der Waals surface area contributed by atoms with Crippen molar-refractivity contribution in [2.75, 3.05) is 31.9 Å². The van der Waals surface area contributed by atoms with Crippen LogP contribution in [0.15, 0.2) is 68.2 Å². The van der Waals surface area contributed by atoms with E-state index in [1.807, 2.05) is 30.3 Å². The molecule has 0 N–H and O–H groups in total. The highest BCUT2D eigenvalue weighted by Crippen LogP contribution is 2.23. The number of hydrogen-bond acceptors (Lipinski definition) is 8. The van der Waals surface area contributed by atoms with Crippen molar-refractivity contribution in [2.45, 2.75) is 5.22 Å². The molecule has 0 bridgehead atoms. The van der Waals surface area contributed by atoms with Crippen molar-refractivity contribution in [2.24, 2.45) is 0 Å². The highest BCUT2D eigenvalue weighted by Gasteiger charge is 2.27. The van der Waals surface area contributed by atoms with E-state index in [0.29, 0.717) is 18.8 Å². The van der Waals surface area contributed by atoms with Crippen molar-refractivity contribution in [3.05, 3.63) is 59.7 Å². The molecule has 3 aromatic rings. The Hall–Kier alpha value is -2.89. The third kappa shape index (κ3) is 5.43. The Morgan fingerprint density at radius 1 is 1.06 bits per heavy atom. The molecule has 0 spiro atoms. The molecular formula is C20H20N4O5S2. The molecule has 3 heterocycles. The zero-order chi connectivity index (χ0) is 21.7. The minimum absolute atomic E-state index is 0.111. The van der Waals surface area contributed by atoms with Crippen molar-refractivity contribution < 1.29 is 22.0 Å². The first-order valence-electron chi connectivity index (χ1n) is 9.52. The second-order valence-electron chi connectivity index (χ2n) is 6.68. The van der Waals surface area contributed by atoms with Crippen LogP contribution in [-0.2, 0) is 14.8 Å². The van der Waals surface area contributed by atoms with Crippen LogP contribution in [0.2, 0.25) is 0 Å². The summed E-state index contributed by atoms with van der Waals surface area (Å²) in [6.45, 7) is 1.17. The summed E-state index contributed by atoms with van der Waals surface area (Å²) in [5.74, 6) is 0.728. The fraction of sp³-hybridized carbons (Fsp3) is 0.250. The molecule has 1 saturated heterocycles. The summed E-state index contributed by atoms with van der Waals surface area (Å²) in [7, 11) is -3.54. The van der Waals surface area contributed by atoms with Crippen LogP contribution in [0.1, 0.15) is 5.56 Å². The number of thioether (sulfide) groups is 1. The highest BCUT2D eigenvalue weighted by molar-refractivity contribution is 7.99. The van der Waals surface area contributed by atoms with E-state index in [-0.39, 0.29) is 35.9 Å². The van der Waals surface area contributed by atoms with Crippen LogP contribution in [0.25, 0.3) is 17.7 Å². The summed E-state index contributed by atoms with van der Waals surface area (Å²) in [5, 5.41) is 9.27. The van der Waals surface area contributed by atoms with Gasteiger partial charge in [-0.25, -0.2) is 8.42 Å². The van der Waals surface area contributed by atoms with E-state index in [2.05, 4.69) is 10.2 Å². The van der Waals surface area contributed by atoms with Crippen molar-refractivity contribution in [1.29, 1.82) is 0 Å². The van der Waals surface area contributed by atoms with Gasteiger partial charge in [-0.3, -0.25) is 4.79 Å². The molecule has 1 aliphatic rings. The van der Waals surface area contributed by atoms with Crippen molar-refractivity contribution in [3.63, 3.8) is 0 Å². The molecule has 162 valence electrons. The Balaban J connectivity index is 1.26. The predicted octanol–water partition coefficient (Wildman–Crippen LogP) is 2.57. The zero-order valence-corrected chi connectivity index (χ0v) is 18.1. The molecule has 4 rings (SSSR count). The molecule has 9 nitrogen and oxygen atoms in total. The second kappa shape index (κ2) is 9.50. The standard InChI is InChI=1S/C20H20N4O5S2/c25-18(15-30-20-22-21-19(29-20)17-7-4-13-28-17)23-9-11-24(12-10-23)31(26,27)14-8-16-5-2-1-3-6-16/h1-8,13-14H,9-12,15H2/b14-8+. The molecule has 1 amide bonds. The van der Waals surface area contributed by atoms with Gasteiger partial charge in [0.05, 0.1) is 12.0 Å². The van der Waals surface area contributed by atoms with Crippen LogP contribution in [-0.4, -0.2) is 65.7 Å². The maximum atomic E-state index is 12.5. The number of aromatic nitrogens is 2. The molecule has 0 saturated carbocycles. The quantitative estimate of drug-likeness (QED) is 0.495. The van der Waals surface area contributed by atoms with Crippen LogP contribution >= 0.6 is 11.8 Å². The van der Waals surface area contributed by atoms with Gasteiger partial charge in [-0.2, -0.15) is 4.31 Å². The summed E-state index contributed by atoms with van der Waals surface area (Å²) >= 11 is 1.14. The topological polar surface area (TPSA) is 110 Å². The van der Waals surface area contributed by atoms with Crippen LogP contribution in [0.5, 0.6) is 0 Å². The molecule has 1 aromatic carbocycles. The highest BCUT2D eigenvalue weighted by atomic mass is 32.2. The average Bonchev–Trinajstić information content (AvgIpc) is 3.49. The molecule has 1 fully saturated rings. The minimum atomic E-state index is -3.54. The first kappa shape index (κ1) is 21.3. The fourth-order valence-electron chi connectivity index (χ4n) is 2.99. The first-order chi connectivity index (χ1) is 15.0. The van der Waals surface area contributed by atoms with Crippen LogP contribution < -0.4 is 0 Å². The van der Waals surface area contributed by atoms with Gasteiger partial charge in [-0.05, 0) is 23.8 Å². The lowest BCUT2D eigenvalue weighted by Crippen LogP contribution is -2.50. The Morgan fingerprint density at radius 3 is 2.55 bits per heavy atom. The number of benzene rings is 1. The molecule has 31 heavy (non-hydrogen) atoms. The number of sulfonamides is 1. The molecule has 0 unspecified atom stereocenters. The van der Waals surface area contributed by atoms with Crippen LogP contribution in [0, 0.1) is 0 Å². The molecule has 0 aliphatic carbocycles. The van der Waals surface area contributed by atoms with Gasteiger partial charge in [0, 0.05) is 31.6 Å². The van der Waals surface area contributed by atoms with Crippen molar-refractivity contribution in [1.82, 2.24) is 19.4 Å². The van der Waals surface area contributed by atoms with Gasteiger partial charge in [0.2, 0.25) is 15.9 Å². The fourth-order valence-corrected chi connectivity index (χ4v) is 4.83. The van der Waals surface area contributed by atoms with Gasteiger partial charge in [0.25, 0.3) is 11.1 Å². The average molecular weight is 461 g/mol. The molecule has 0 radical (unpaired) electrons. The predicted molar refractivity (Wildman–Crippen MR) is 115 cm³/mol. The van der Waals surface area contributed by atoms with E-state index in [1.54, 1.807) is 23.1 Å². The number of carbonyl (C=O) groups excluding carboxylic acids is 1. The summed E-state index contributed by atoms with van der Waals surface area (Å²) in [4.78, 5) is 14.1. The molecule has 1 aliphatic heterocycles. The van der Waals surface area contributed by atoms with E-state index in [4.69, 9.17) is 8.83 Å². The van der Waals surface area contributed by atoms with Crippen LogP contribution in [0.4, 0.5) is 0 Å². The third-order valence-corrected chi connectivity index (χ3v) is 7.01. The van der Waals surface area contributed by atoms with E-state index in [0.717, 1.165) is 17.3 Å². The van der Waals surface area contributed by atoms with Crippen LogP contribution in [0.3, 0.4) is 0 Å². The number of hydrogen-bond donors (Lipinski definition) is 0. The zero-order valence-electron chi connectivity index (χ0n) is 16.5. The summed E-state index contributed by atoms with van der Waals surface area (Å²) in [6, 6.07) is 12.7. The van der Waals surface area contributed by atoms with Gasteiger partial charge in [-0.15, -0.1) is 10.2 Å². The summed E-state index contributed by atoms with van der Waals surface area (Å²) < 4.78 is 37.1. The number of amides is 1. The van der Waals surface area contributed by atoms with Crippen molar-refractivity contribution >= 4 is 33.8 Å². The van der Waals surface area contributed by atoms with Gasteiger partial charge in [-0.1, -0.05) is 42.1 Å². The Morgan fingerprint density at radius 2 is 1.84 bits per heavy atom. The van der Waals surface area contributed by atoms with Crippen molar-refractivity contribution in [3.8, 4) is 11.7 Å². The summed E-state index contributed by atoms with van der Waals surface area (Å²) in [6.07, 6.45) is 3.08. The number of furan rings is 1. The maximum absolute atomic E-state index is 12.5. The summed E-state index contributed by atoms with van der Waals surface area (Å²) in [5.41, 5.74) is 0.813. The number of carbonyl (C=O) groups is 1. The number of piperazine rings is 1. The smallest absolute Gasteiger partial charge is 0.284 e. The molecule has 11 heteroatoms. The van der Waals surface area contributed by atoms with E-state index in [1.165, 1.54) is 16.0 Å². The number of rotatable bonds is 7. The third-order valence-electron chi connectivity index (χ3n) is 4.64. The first-order valence-corrected chi connectivity index (χ1v) is 12.0. The monoisotopic (exact) mass is 460 g/mol. The Bertz CT molecular complexity index is 1140. The normalized spacial score (nSPS) is 15.5.